The second kappa shape index (κ2) is 5.98. The highest BCUT2D eigenvalue weighted by Gasteiger charge is 2.30. The van der Waals surface area contributed by atoms with Crippen molar-refractivity contribution >= 4 is 5.91 Å². The van der Waals surface area contributed by atoms with Gasteiger partial charge in [0.15, 0.2) is 0 Å². The topological polar surface area (TPSA) is 55.6 Å². The van der Waals surface area contributed by atoms with Crippen molar-refractivity contribution in [2.75, 3.05) is 19.7 Å². The molecule has 1 aromatic rings. The zero-order chi connectivity index (χ0) is 13.0. The molecule has 0 spiro atoms. The quantitative estimate of drug-likeness (QED) is 0.878. The molecule has 1 heterocycles. The van der Waals surface area contributed by atoms with Crippen molar-refractivity contribution in [3.63, 3.8) is 0 Å². The first kappa shape index (κ1) is 13.1. The Balaban J connectivity index is 2.18. The lowest BCUT2D eigenvalue weighted by atomic mass is 10.0. The van der Waals surface area contributed by atoms with E-state index >= 15 is 0 Å². The molecule has 1 saturated heterocycles. The molecule has 0 radical (unpaired) electrons. The van der Waals surface area contributed by atoms with E-state index in [9.17, 15) is 4.79 Å². The SMILES string of the molecule is C[C@@H]1CN(C(=O)CCN)[C@H](c2ccccc2)CO1. The highest BCUT2D eigenvalue weighted by molar-refractivity contribution is 5.77. The second-order valence-electron chi connectivity index (χ2n) is 4.66. The Labute approximate surface area is 108 Å². The van der Waals surface area contributed by atoms with E-state index in [2.05, 4.69) is 0 Å². The van der Waals surface area contributed by atoms with Gasteiger partial charge < -0.3 is 15.4 Å². The Morgan fingerprint density at radius 2 is 2.17 bits per heavy atom. The van der Waals surface area contributed by atoms with E-state index in [1.54, 1.807) is 0 Å². The molecular formula is C14H20N2O2. The predicted octanol–water partition coefficient (Wildman–Crippen LogP) is 1.32. The Morgan fingerprint density at radius 1 is 1.44 bits per heavy atom. The fourth-order valence-electron chi connectivity index (χ4n) is 2.30. The van der Waals surface area contributed by atoms with Crippen LogP contribution in [0.1, 0.15) is 24.9 Å². The first-order chi connectivity index (χ1) is 8.72. The predicted molar refractivity (Wildman–Crippen MR) is 70.0 cm³/mol. The molecule has 1 aliphatic rings. The molecule has 1 amide bonds. The Hall–Kier alpha value is -1.39. The number of amides is 1. The maximum Gasteiger partial charge on any atom is 0.224 e. The van der Waals surface area contributed by atoms with Crippen LogP contribution in [0.4, 0.5) is 0 Å². The number of carbonyl (C=O) groups excluding carboxylic acids is 1. The average Bonchev–Trinajstić information content (AvgIpc) is 2.40. The number of rotatable bonds is 3. The van der Waals surface area contributed by atoms with Crippen molar-refractivity contribution in [3.05, 3.63) is 35.9 Å². The molecule has 98 valence electrons. The molecule has 1 fully saturated rings. The number of nitrogens with zero attached hydrogens (tertiary/aromatic N) is 1. The summed E-state index contributed by atoms with van der Waals surface area (Å²) in [5, 5.41) is 0. The molecule has 0 unspecified atom stereocenters. The number of morpholine rings is 1. The summed E-state index contributed by atoms with van der Waals surface area (Å²) in [5.74, 6) is 0.113. The Bertz CT molecular complexity index is 394. The van der Waals surface area contributed by atoms with Gasteiger partial charge in [0.25, 0.3) is 0 Å². The van der Waals surface area contributed by atoms with E-state index in [0.29, 0.717) is 26.1 Å². The van der Waals surface area contributed by atoms with E-state index in [0.717, 1.165) is 5.56 Å². The number of hydrogen-bond donors (Lipinski definition) is 1. The molecule has 2 rings (SSSR count). The number of nitrogens with two attached hydrogens (primary N) is 1. The minimum atomic E-state index is 0.0152. The summed E-state index contributed by atoms with van der Waals surface area (Å²) < 4.78 is 5.68. The minimum Gasteiger partial charge on any atom is -0.374 e. The fourth-order valence-corrected chi connectivity index (χ4v) is 2.30. The lowest BCUT2D eigenvalue weighted by Gasteiger charge is -2.39. The first-order valence-electron chi connectivity index (χ1n) is 6.38. The summed E-state index contributed by atoms with van der Waals surface area (Å²) in [6.45, 7) is 3.58. The van der Waals surface area contributed by atoms with E-state index in [-0.39, 0.29) is 18.1 Å². The average molecular weight is 248 g/mol. The van der Waals surface area contributed by atoms with Crippen LogP contribution in [0.15, 0.2) is 30.3 Å². The van der Waals surface area contributed by atoms with Gasteiger partial charge >= 0.3 is 0 Å². The van der Waals surface area contributed by atoms with Crippen molar-refractivity contribution in [1.82, 2.24) is 4.90 Å². The van der Waals surface area contributed by atoms with E-state index in [1.165, 1.54) is 0 Å². The highest BCUT2D eigenvalue weighted by Crippen LogP contribution is 2.26. The monoisotopic (exact) mass is 248 g/mol. The van der Waals surface area contributed by atoms with Crippen LogP contribution >= 0.6 is 0 Å². The van der Waals surface area contributed by atoms with Crippen LogP contribution in [0, 0.1) is 0 Å². The third kappa shape index (κ3) is 2.89. The van der Waals surface area contributed by atoms with Crippen molar-refractivity contribution in [2.45, 2.75) is 25.5 Å². The summed E-state index contributed by atoms with van der Waals surface area (Å²) in [7, 11) is 0. The smallest absolute Gasteiger partial charge is 0.224 e. The van der Waals surface area contributed by atoms with Gasteiger partial charge in [-0.2, -0.15) is 0 Å². The van der Waals surface area contributed by atoms with Crippen LogP contribution in [0.2, 0.25) is 0 Å². The maximum atomic E-state index is 12.1. The maximum absolute atomic E-state index is 12.1. The summed E-state index contributed by atoms with van der Waals surface area (Å²) in [6.07, 6.45) is 0.488. The van der Waals surface area contributed by atoms with Gasteiger partial charge in [-0.25, -0.2) is 0 Å². The molecule has 0 saturated carbocycles. The molecule has 2 atom stereocenters. The lowest BCUT2D eigenvalue weighted by Crippen LogP contribution is -2.47. The third-order valence-electron chi connectivity index (χ3n) is 3.23. The number of hydrogen-bond acceptors (Lipinski definition) is 3. The van der Waals surface area contributed by atoms with Crippen LogP contribution < -0.4 is 5.73 Å². The molecular weight excluding hydrogens is 228 g/mol. The number of carbonyl (C=O) groups is 1. The number of benzene rings is 1. The molecule has 4 heteroatoms. The molecule has 1 aromatic carbocycles. The van der Waals surface area contributed by atoms with Crippen molar-refractivity contribution < 1.29 is 9.53 Å². The van der Waals surface area contributed by atoms with Gasteiger partial charge in [-0.1, -0.05) is 30.3 Å². The first-order valence-corrected chi connectivity index (χ1v) is 6.38. The molecule has 2 N–H and O–H groups in total. The van der Waals surface area contributed by atoms with Crippen LogP contribution in [-0.4, -0.2) is 36.6 Å². The van der Waals surface area contributed by atoms with Crippen molar-refractivity contribution in [1.29, 1.82) is 0 Å². The van der Waals surface area contributed by atoms with Gasteiger partial charge in [-0.15, -0.1) is 0 Å². The van der Waals surface area contributed by atoms with E-state index in [4.69, 9.17) is 10.5 Å². The summed E-state index contributed by atoms with van der Waals surface area (Å²) in [6, 6.07) is 10.0. The largest absolute Gasteiger partial charge is 0.374 e. The molecule has 18 heavy (non-hydrogen) atoms. The summed E-state index contributed by atoms with van der Waals surface area (Å²) >= 11 is 0. The lowest BCUT2D eigenvalue weighted by molar-refractivity contribution is -0.144. The molecule has 1 aliphatic heterocycles. The summed E-state index contributed by atoms with van der Waals surface area (Å²) in [4.78, 5) is 14.0. The fraction of sp³-hybridized carbons (Fsp3) is 0.500. The van der Waals surface area contributed by atoms with Gasteiger partial charge in [-0.05, 0) is 12.5 Å². The van der Waals surface area contributed by atoms with Gasteiger partial charge in [0.05, 0.1) is 18.8 Å². The van der Waals surface area contributed by atoms with Gasteiger partial charge in [0.2, 0.25) is 5.91 Å². The molecule has 4 nitrogen and oxygen atoms in total. The Kier molecular flexibility index (Phi) is 4.33. The Morgan fingerprint density at radius 3 is 2.83 bits per heavy atom. The molecule has 0 bridgehead atoms. The highest BCUT2D eigenvalue weighted by atomic mass is 16.5. The van der Waals surface area contributed by atoms with Gasteiger partial charge in [-0.3, -0.25) is 4.79 Å². The van der Waals surface area contributed by atoms with Crippen molar-refractivity contribution in [3.8, 4) is 0 Å². The third-order valence-corrected chi connectivity index (χ3v) is 3.23. The van der Waals surface area contributed by atoms with E-state index < -0.39 is 0 Å². The van der Waals surface area contributed by atoms with Crippen LogP contribution in [0.25, 0.3) is 0 Å². The second-order valence-corrected chi connectivity index (χ2v) is 4.66. The zero-order valence-corrected chi connectivity index (χ0v) is 10.7. The minimum absolute atomic E-state index is 0.0152. The normalized spacial score (nSPS) is 24.0. The van der Waals surface area contributed by atoms with Gasteiger partial charge in [0, 0.05) is 19.5 Å². The zero-order valence-electron chi connectivity index (χ0n) is 10.7. The summed E-state index contributed by atoms with van der Waals surface area (Å²) in [5.41, 5.74) is 6.60. The van der Waals surface area contributed by atoms with Crippen LogP contribution in [-0.2, 0) is 9.53 Å². The van der Waals surface area contributed by atoms with Gasteiger partial charge in [0.1, 0.15) is 0 Å². The van der Waals surface area contributed by atoms with Crippen molar-refractivity contribution in [2.24, 2.45) is 5.73 Å². The molecule has 0 aromatic heterocycles. The molecule has 0 aliphatic carbocycles. The standard InChI is InChI=1S/C14H20N2O2/c1-11-9-16(14(17)7-8-15)13(10-18-11)12-5-3-2-4-6-12/h2-6,11,13H,7-10,15H2,1H3/t11-,13+/m1/s1. The van der Waals surface area contributed by atoms with Crippen LogP contribution in [0.3, 0.4) is 0 Å². The number of ether oxygens (including phenoxy) is 1. The van der Waals surface area contributed by atoms with Crippen LogP contribution in [0.5, 0.6) is 0 Å². The van der Waals surface area contributed by atoms with E-state index in [1.807, 2.05) is 42.2 Å².